The van der Waals surface area contributed by atoms with Crippen molar-refractivity contribution in [2.45, 2.75) is 26.5 Å². The van der Waals surface area contributed by atoms with Gasteiger partial charge in [0.05, 0.1) is 12.7 Å². The third-order valence-electron chi connectivity index (χ3n) is 3.32. The Hall–Kier alpha value is -2.05. The zero-order valence-corrected chi connectivity index (χ0v) is 14.8. The second-order valence-electron chi connectivity index (χ2n) is 5.99. The molecule has 0 saturated heterocycles. The predicted molar refractivity (Wildman–Crippen MR) is 96.3 cm³/mol. The molecule has 0 aliphatic carbocycles. The molecular formula is C18H24N2O3S. The maximum absolute atomic E-state index is 11.8. The summed E-state index contributed by atoms with van der Waals surface area (Å²) in [5.74, 6) is 1.27. The first-order valence-electron chi connectivity index (χ1n) is 7.98. The number of amides is 2. The topological polar surface area (TPSA) is 70.6 Å². The molecule has 2 aromatic rings. The molecule has 0 aliphatic rings. The summed E-state index contributed by atoms with van der Waals surface area (Å²) in [6.45, 7) is 5.44. The van der Waals surface area contributed by atoms with Crippen molar-refractivity contribution in [1.82, 2.24) is 10.6 Å². The molecule has 1 aromatic heterocycles. The molecule has 3 N–H and O–H groups in total. The van der Waals surface area contributed by atoms with Crippen molar-refractivity contribution in [2.75, 3.05) is 13.2 Å². The molecule has 24 heavy (non-hydrogen) atoms. The third kappa shape index (κ3) is 6.22. The van der Waals surface area contributed by atoms with E-state index in [4.69, 9.17) is 4.74 Å². The molecule has 130 valence electrons. The third-order valence-corrected chi connectivity index (χ3v) is 4.02. The number of hydrogen-bond acceptors (Lipinski definition) is 4. The quantitative estimate of drug-likeness (QED) is 0.685. The first-order chi connectivity index (χ1) is 11.5. The van der Waals surface area contributed by atoms with Gasteiger partial charge < -0.3 is 20.5 Å². The molecule has 1 heterocycles. The van der Waals surface area contributed by atoms with Crippen molar-refractivity contribution in [1.29, 1.82) is 0 Å². The number of nitrogens with one attached hydrogen (secondary N) is 2. The van der Waals surface area contributed by atoms with Crippen molar-refractivity contribution in [3.05, 3.63) is 52.2 Å². The summed E-state index contributed by atoms with van der Waals surface area (Å²) in [5.41, 5.74) is 1.78. The maximum Gasteiger partial charge on any atom is 0.315 e. The number of carbonyl (C=O) groups is 1. The summed E-state index contributed by atoms with van der Waals surface area (Å²) in [4.78, 5) is 11.8. The Morgan fingerprint density at radius 2 is 2.12 bits per heavy atom. The number of urea groups is 1. The highest BCUT2D eigenvalue weighted by molar-refractivity contribution is 7.07. The Labute approximate surface area is 146 Å². The minimum absolute atomic E-state index is 0.181. The minimum Gasteiger partial charge on any atom is -0.493 e. The van der Waals surface area contributed by atoms with Crippen LogP contribution in [-0.2, 0) is 6.54 Å². The van der Waals surface area contributed by atoms with Gasteiger partial charge in [-0.3, -0.25) is 0 Å². The average Bonchev–Trinajstić information content (AvgIpc) is 3.11. The van der Waals surface area contributed by atoms with Crippen LogP contribution in [0.4, 0.5) is 4.79 Å². The van der Waals surface area contributed by atoms with Gasteiger partial charge in [-0.1, -0.05) is 26.0 Å². The summed E-state index contributed by atoms with van der Waals surface area (Å²) < 4.78 is 5.67. The minimum atomic E-state index is -0.685. The molecule has 2 amide bonds. The molecule has 6 heteroatoms. The van der Waals surface area contributed by atoms with E-state index in [1.54, 1.807) is 0 Å². The molecule has 0 saturated carbocycles. The number of hydrogen-bond donors (Lipinski definition) is 3. The highest BCUT2D eigenvalue weighted by Crippen LogP contribution is 2.15. The van der Waals surface area contributed by atoms with Crippen LogP contribution in [0.15, 0.2) is 41.1 Å². The SMILES string of the molecule is CC(C)COc1cccc(CNC(=O)NCC(O)c2ccsc2)c1. The molecule has 1 unspecified atom stereocenters. The van der Waals surface area contributed by atoms with E-state index in [2.05, 4.69) is 24.5 Å². The number of thiophene rings is 1. The van der Waals surface area contributed by atoms with Crippen molar-refractivity contribution in [3.63, 3.8) is 0 Å². The lowest BCUT2D eigenvalue weighted by atomic mass is 10.2. The molecule has 1 aromatic carbocycles. The van der Waals surface area contributed by atoms with E-state index in [0.717, 1.165) is 16.9 Å². The van der Waals surface area contributed by atoms with Crippen LogP contribution in [0.1, 0.15) is 31.1 Å². The average molecular weight is 348 g/mol. The monoisotopic (exact) mass is 348 g/mol. The van der Waals surface area contributed by atoms with Gasteiger partial charge in [0.2, 0.25) is 0 Å². The van der Waals surface area contributed by atoms with Crippen LogP contribution in [-0.4, -0.2) is 24.3 Å². The first-order valence-corrected chi connectivity index (χ1v) is 8.92. The lowest BCUT2D eigenvalue weighted by Gasteiger charge is -2.12. The van der Waals surface area contributed by atoms with E-state index < -0.39 is 6.10 Å². The Bertz CT molecular complexity index is 629. The second kappa shape index (κ2) is 9.30. The summed E-state index contributed by atoms with van der Waals surface area (Å²) in [7, 11) is 0. The summed E-state index contributed by atoms with van der Waals surface area (Å²) in [6, 6.07) is 9.20. The van der Waals surface area contributed by atoms with Crippen molar-refractivity contribution in [2.24, 2.45) is 5.92 Å². The van der Waals surface area contributed by atoms with E-state index in [1.165, 1.54) is 11.3 Å². The number of carbonyl (C=O) groups excluding carboxylic acids is 1. The standard InChI is InChI=1S/C18H24N2O3S/c1-13(2)11-23-16-5-3-4-14(8-16)9-19-18(22)20-10-17(21)15-6-7-24-12-15/h3-8,12-13,17,21H,9-11H2,1-2H3,(H2,19,20,22). The van der Waals surface area contributed by atoms with Gasteiger partial charge >= 0.3 is 6.03 Å². The molecule has 0 fully saturated rings. The van der Waals surface area contributed by atoms with Gasteiger partial charge in [0, 0.05) is 13.1 Å². The van der Waals surface area contributed by atoms with Crippen LogP contribution in [0.2, 0.25) is 0 Å². The van der Waals surface area contributed by atoms with E-state index in [0.29, 0.717) is 19.1 Å². The van der Waals surface area contributed by atoms with Crippen LogP contribution in [0.3, 0.4) is 0 Å². The van der Waals surface area contributed by atoms with Crippen LogP contribution >= 0.6 is 11.3 Å². The molecule has 0 radical (unpaired) electrons. The van der Waals surface area contributed by atoms with Gasteiger partial charge in [-0.2, -0.15) is 11.3 Å². The fraction of sp³-hybridized carbons (Fsp3) is 0.389. The number of aliphatic hydroxyl groups is 1. The molecule has 0 spiro atoms. The number of rotatable bonds is 8. The molecule has 0 bridgehead atoms. The fourth-order valence-electron chi connectivity index (χ4n) is 2.02. The molecule has 2 rings (SSSR count). The van der Waals surface area contributed by atoms with Gasteiger partial charge in [-0.05, 0) is 46.0 Å². The lowest BCUT2D eigenvalue weighted by molar-refractivity contribution is 0.173. The van der Waals surface area contributed by atoms with Gasteiger partial charge in [0.1, 0.15) is 5.75 Å². The smallest absolute Gasteiger partial charge is 0.315 e. The summed E-state index contributed by atoms with van der Waals surface area (Å²) >= 11 is 1.52. The molecular weight excluding hydrogens is 324 g/mol. The fourth-order valence-corrected chi connectivity index (χ4v) is 2.73. The Morgan fingerprint density at radius 3 is 2.83 bits per heavy atom. The highest BCUT2D eigenvalue weighted by Gasteiger charge is 2.09. The predicted octanol–water partition coefficient (Wildman–Crippen LogP) is 3.32. The Morgan fingerprint density at radius 1 is 1.29 bits per heavy atom. The largest absolute Gasteiger partial charge is 0.493 e. The van der Waals surface area contributed by atoms with Crippen LogP contribution < -0.4 is 15.4 Å². The lowest BCUT2D eigenvalue weighted by Crippen LogP contribution is -2.37. The van der Waals surface area contributed by atoms with Crippen LogP contribution in [0.5, 0.6) is 5.75 Å². The Kier molecular flexibility index (Phi) is 7.08. The molecule has 0 aliphatic heterocycles. The van der Waals surface area contributed by atoms with Gasteiger partial charge in [-0.15, -0.1) is 0 Å². The molecule has 5 nitrogen and oxygen atoms in total. The number of benzene rings is 1. The van der Waals surface area contributed by atoms with Crippen molar-refractivity contribution in [3.8, 4) is 5.75 Å². The highest BCUT2D eigenvalue weighted by atomic mass is 32.1. The van der Waals surface area contributed by atoms with Crippen molar-refractivity contribution >= 4 is 17.4 Å². The van der Waals surface area contributed by atoms with Gasteiger partial charge in [0.25, 0.3) is 0 Å². The van der Waals surface area contributed by atoms with Gasteiger partial charge in [0.15, 0.2) is 0 Å². The van der Waals surface area contributed by atoms with E-state index >= 15 is 0 Å². The van der Waals surface area contributed by atoms with Gasteiger partial charge in [-0.25, -0.2) is 4.79 Å². The first kappa shape index (κ1) is 18.3. The van der Waals surface area contributed by atoms with E-state index in [9.17, 15) is 9.90 Å². The maximum atomic E-state index is 11.8. The summed E-state index contributed by atoms with van der Waals surface area (Å²) in [6.07, 6.45) is -0.685. The van der Waals surface area contributed by atoms with E-state index in [1.807, 2.05) is 41.1 Å². The normalized spacial score (nSPS) is 12.0. The van der Waals surface area contributed by atoms with E-state index in [-0.39, 0.29) is 12.6 Å². The molecule has 1 atom stereocenters. The number of ether oxygens (including phenoxy) is 1. The zero-order valence-electron chi connectivity index (χ0n) is 14.0. The zero-order chi connectivity index (χ0) is 17.4. The summed E-state index contributed by atoms with van der Waals surface area (Å²) in [5, 5.41) is 19.1. The van der Waals surface area contributed by atoms with Crippen LogP contribution in [0, 0.1) is 5.92 Å². The Balaban J connectivity index is 1.74. The second-order valence-corrected chi connectivity index (χ2v) is 6.77. The van der Waals surface area contributed by atoms with Crippen molar-refractivity contribution < 1.29 is 14.6 Å². The number of aliphatic hydroxyl groups excluding tert-OH is 1. The van der Waals surface area contributed by atoms with Crippen LogP contribution in [0.25, 0.3) is 0 Å².